The number of hydrogen-bond acceptors (Lipinski definition) is 0. The molecule has 0 nitrogen and oxygen atoms in total. The molecule has 94 valence electrons. The van der Waals surface area contributed by atoms with Crippen LogP contribution in [0.25, 0.3) is 11.1 Å². The second-order valence-corrected chi connectivity index (χ2v) is 4.39. The van der Waals surface area contributed by atoms with E-state index in [-0.39, 0.29) is 0 Å². The van der Waals surface area contributed by atoms with E-state index < -0.39 is 11.7 Å². The van der Waals surface area contributed by atoms with E-state index in [9.17, 15) is 13.2 Å². The van der Waals surface area contributed by atoms with Crippen molar-refractivity contribution in [1.29, 1.82) is 0 Å². The quantitative estimate of drug-likeness (QED) is 0.669. The third kappa shape index (κ3) is 2.55. The van der Waals surface area contributed by atoms with E-state index in [0.29, 0.717) is 0 Å². The normalized spacial score (nSPS) is 11.6. The van der Waals surface area contributed by atoms with Crippen molar-refractivity contribution in [1.82, 2.24) is 0 Å². The molecule has 0 saturated carbocycles. The molecule has 0 radical (unpaired) electrons. The van der Waals surface area contributed by atoms with Gasteiger partial charge in [-0.2, -0.15) is 13.2 Å². The van der Waals surface area contributed by atoms with Gasteiger partial charge in [-0.05, 0) is 42.7 Å². The smallest absolute Gasteiger partial charge is 0.166 e. The van der Waals surface area contributed by atoms with Crippen molar-refractivity contribution in [3.63, 3.8) is 0 Å². The van der Waals surface area contributed by atoms with Crippen LogP contribution >= 0.6 is 0 Å². The zero-order chi connectivity index (χ0) is 13.3. The lowest BCUT2D eigenvalue weighted by Crippen LogP contribution is -2.04. The molecule has 0 fully saturated rings. The topological polar surface area (TPSA) is 0 Å². The van der Waals surface area contributed by atoms with E-state index >= 15 is 0 Å². The van der Waals surface area contributed by atoms with Gasteiger partial charge in [0.2, 0.25) is 0 Å². The second kappa shape index (κ2) is 4.48. The molecular weight excluding hydrogens is 237 g/mol. The molecule has 0 bridgehead atoms. The van der Waals surface area contributed by atoms with Crippen LogP contribution in [0.2, 0.25) is 0 Å². The van der Waals surface area contributed by atoms with E-state index in [4.69, 9.17) is 0 Å². The summed E-state index contributed by atoms with van der Waals surface area (Å²) in [5.74, 6) is 0. The van der Waals surface area contributed by atoms with Crippen LogP contribution in [0.5, 0.6) is 0 Å². The molecule has 0 spiro atoms. The molecule has 3 heteroatoms. The highest BCUT2D eigenvalue weighted by Gasteiger charge is 2.29. The lowest BCUT2D eigenvalue weighted by atomic mass is 9.98. The van der Waals surface area contributed by atoms with Crippen LogP contribution < -0.4 is 0 Å². The Morgan fingerprint density at radius 1 is 0.833 bits per heavy atom. The first-order valence-electron chi connectivity index (χ1n) is 5.63. The van der Waals surface area contributed by atoms with Gasteiger partial charge in [-0.15, -0.1) is 0 Å². The summed E-state index contributed by atoms with van der Waals surface area (Å²) in [4.78, 5) is 0. The van der Waals surface area contributed by atoms with Crippen LogP contribution in [0.3, 0.4) is 0 Å². The van der Waals surface area contributed by atoms with Crippen molar-refractivity contribution in [2.75, 3.05) is 0 Å². The average Bonchev–Trinajstić information content (AvgIpc) is 2.28. The number of hydrogen-bond donors (Lipinski definition) is 0. The minimum atomic E-state index is -4.28. The molecule has 0 atom stereocenters. The maximum absolute atomic E-state index is 12.5. The Bertz CT molecular complexity index is 551. The highest BCUT2D eigenvalue weighted by atomic mass is 19.4. The summed E-state index contributed by atoms with van der Waals surface area (Å²) in [6, 6.07) is 11.2. The molecule has 18 heavy (non-hydrogen) atoms. The van der Waals surface area contributed by atoms with Gasteiger partial charge in [0.15, 0.2) is 0 Å². The standard InChI is InChI=1S/C15H13F3/c1-10-3-8-14(11(2)9-10)12-4-6-13(7-5-12)15(16,17)18/h3-9H,1-2H3. The Morgan fingerprint density at radius 2 is 1.44 bits per heavy atom. The van der Waals surface area contributed by atoms with Crippen molar-refractivity contribution >= 4 is 0 Å². The van der Waals surface area contributed by atoms with Gasteiger partial charge in [-0.1, -0.05) is 35.9 Å². The van der Waals surface area contributed by atoms with Gasteiger partial charge in [0.25, 0.3) is 0 Å². The van der Waals surface area contributed by atoms with E-state index in [1.54, 1.807) is 0 Å². The van der Waals surface area contributed by atoms with Crippen molar-refractivity contribution in [3.05, 3.63) is 59.2 Å². The molecular formula is C15H13F3. The highest BCUT2D eigenvalue weighted by molar-refractivity contribution is 5.67. The fourth-order valence-corrected chi connectivity index (χ4v) is 1.98. The average molecular weight is 250 g/mol. The summed E-state index contributed by atoms with van der Waals surface area (Å²) in [5, 5.41) is 0. The van der Waals surface area contributed by atoms with Crippen molar-refractivity contribution in [3.8, 4) is 11.1 Å². The monoisotopic (exact) mass is 250 g/mol. The molecule has 2 rings (SSSR count). The third-order valence-electron chi connectivity index (χ3n) is 2.91. The largest absolute Gasteiger partial charge is 0.416 e. The minimum absolute atomic E-state index is 0.615. The van der Waals surface area contributed by atoms with Gasteiger partial charge in [-0.25, -0.2) is 0 Å². The fourth-order valence-electron chi connectivity index (χ4n) is 1.98. The minimum Gasteiger partial charge on any atom is -0.166 e. The van der Waals surface area contributed by atoms with E-state index in [1.807, 2.05) is 32.0 Å². The molecule has 0 saturated heterocycles. The second-order valence-electron chi connectivity index (χ2n) is 4.39. The first kappa shape index (κ1) is 12.7. The molecule has 0 aliphatic rings. The number of aryl methyl sites for hydroxylation is 2. The third-order valence-corrected chi connectivity index (χ3v) is 2.91. The predicted molar refractivity (Wildman–Crippen MR) is 66.4 cm³/mol. The number of alkyl halides is 3. The van der Waals surface area contributed by atoms with Gasteiger partial charge in [0.1, 0.15) is 0 Å². The molecule has 0 aliphatic heterocycles. The summed E-state index contributed by atoms with van der Waals surface area (Å²) in [5.41, 5.74) is 3.36. The molecule has 2 aromatic carbocycles. The SMILES string of the molecule is Cc1ccc(-c2ccc(C(F)(F)F)cc2)c(C)c1. The van der Waals surface area contributed by atoms with Gasteiger partial charge in [0.05, 0.1) is 5.56 Å². The summed E-state index contributed by atoms with van der Waals surface area (Å²) in [6.45, 7) is 3.95. The van der Waals surface area contributed by atoms with Crippen LogP contribution in [0.15, 0.2) is 42.5 Å². The van der Waals surface area contributed by atoms with Gasteiger partial charge in [0, 0.05) is 0 Å². The first-order valence-corrected chi connectivity index (χ1v) is 5.63. The van der Waals surface area contributed by atoms with E-state index in [0.717, 1.165) is 34.4 Å². The Morgan fingerprint density at radius 3 is 1.94 bits per heavy atom. The molecule has 0 heterocycles. The molecule has 0 aromatic heterocycles. The van der Waals surface area contributed by atoms with E-state index in [1.165, 1.54) is 12.1 Å². The Labute approximate surface area is 104 Å². The van der Waals surface area contributed by atoms with Crippen molar-refractivity contribution < 1.29 is 13.2 Å². The van der Waals surface area contributed by atoms with Gasteiger partial charge >= 0.3 is 6.18 Å². The van der Waals surface area contributed by atoms with Crippen LogP contribution in [0.4, 0.5) is 13.2 Å². The molecule has 0 unspecified atom stereocenters. The summed E-state index contributed by atoms with van der Waals surface area (Å²) < 4.78 is 37.4. The number of halogens is 3. The van der Waals surface area contributed by atoms with Crippen LogP contribution in [-0.4, -0.2) is 0 Å². The van der Waals surface area contributed by atoms with E-state index in [2.05, 4.69) is 0 Å². The maximum atomic E-state index is 12.5. The zero-order valence-corrected chi connectivity index (χ0v) is 10.2. The Kier molecular flexibility index (Phi) is 3.16. The van der Waals surface area contributed by atoms with Crippen LogP contribution in [0.1, 0.15) is 16.7 Å². The highest BCUT2D eigenvalue weighted by Crippen LogP contribution is 2.31. The number of rotatable bonds is 1. The molecule has 0 aliphatic carbocycles. The predicted octanol–water partition coefficient (Wildman–Crippen LogP) is 4.99. The van der Waals surface area contributed by atoms with Gasteiger partial charge < -0.3 is 0 Å². The summed E-state index contributed by atoms with van der Waals surface area (Å²) in [7, 11) is 0. The molecule has 0 N–H and O–H groups in total. The fraction of sp³-hybridized carbons (Fsp3) is 0.200. The Balaban J connectivity index is 2.41. The van der Waals surface area contributed by atoms with Crippen molar-refractivity contribution in [2.45, 2.75) is 20.0 Å². The molecule has 2 aromatic rings. The Hall–Kier alpha value is -1.77. The van der Waals surface area contributed by atoms with Gasteiger partial charge in [-0.3, -0.25) is 0 Å². The lowest BCUT2D eigenvalue weighted by Gasteiger charge is -2.10. The summed E-state index contributed by atoms with van der Waals surface area (Å²) >= 11 is 0. The van der Waals surface area contributed by atoms with Crippen LogP contribution in [-0.2, 0) is 6.18 Å². The lowest BCUT2D eigenvalue weighted by molar-refractivity contribution is -0.137. The maximum Gasteiger partial charge on any atom is 0.416 e. The summed E-state index contributed by atoms with van der Waals surface area (Å²) in [6.07, 6.45) is -4.28. The van der Waals surface area contributed by atoms with Crippen molar-refractivity contribution in [2.24, 2.45) is 0 Å². The molecule has 0 amide bonds. The number of benzene rings is 2. The zero-order valence-electron chi connectivity index (χ0n) is 10.2. The van der Waals surface area contributed by atoms with Crippen LogP contribution in [0, 0.1) is 13.8 Å². The first-order chi connectivity index (χ1) is 8.38.